The number of likely N-dealkylation sites (tertiary alicyclic amines) is 1. The molecule has 160 valence electrons. The molecule has 0 aliphatic carbocycles. The first kappa shape index (κ1) is 23.1. The van der Waals surface area contributed by atoms with Crippen molar-refractivity contribution in [3.8, 4) is 0 Å². The molecule has 1 heterocycles. The zero-order valence-corrected chi connectivity index (χ0v) is 18.2. The molecule has 7 nitrogen and oxygen atoms in total. The number of carbonyl (C=O) groups excluding carboxylic acids is 2. The van der Waals surface area contributed by atoms with Crippen molar-refractivity contribution in [2.24, 2.45) is 5.92 Å². The van der Waals surface area contributed by atoms with Gasteiger partial charge in [0, 0.05) is 32.3 Å². The first-order valence-corrected chi connectivity index (χ1v) is 11.4. The average Bonchev–Trinajstić information content (AvgIpc) is 2.71. The summed E-state index contributed by atoms with van der Waals surface area (Å²) in [5.41, 5.74) is 0.664. The molecule has 0 aromatic heterocycles. The molecule has 1 aliphatic rings. The van der Waals surface area contributed by atoms with E-state index >= 15 is 0 Å². The number of amides is 1. The van der Waals surface area contributed by atoms with Gasteiger partial charge < -0.3 is 9.64 Å². The first-order valence-electron chi connectivity index (χ1n) is 10.0. The molecule has 29 heavy (non-hydrogen) atoms. The highest BCUT2D eigenvalue weighted by Crippen LogP contribution is 2.17. The maximum absolute atomic E-state index is 12.5. The maximum Gasteiger partial charge on any atom is 0.331 e. The van der Waals surface area contributed by atoms with Crippen LogP contribution in [-0.4, -0.2) is 62.3 Å². The summed E-state index contributed by atoms with van der Waals surface area (Å²) in [6, 6.07) is 6.28. The van der Waals surface area contributed by atoms with Gasteiger partial charge >= 0.3 is 5.97 Å². The molecule has 1 fully saturated rings. The number of rotatable bonds is 8. The Labute approximate surface area is 173 Å². The Morgan fingerprint density at radius 2 is 1.86 bits per heavy atom. The van der Waals surface area contributed by atoms with Crippen LogP contribution in [0.3, 0.4) is 0 Å². The van der Waals surface area contributed by atoms with Gasteiger partial charge in [-0.05, 0) is 42.5 Å². The molecule has 0 spiro atoms. The molecule has 1 aromatic rings. The van der Waals surface area contributed by atoms with Gasteiger partial charge in [0.1, 0.15) is 0 Å². The van der Waals surface area contributed by atoms with E-state index < -0.39 is 16.0 Å². The van der Waals surface area contributed by atoms with E-state index in [-0.39, 0.29) is 17.4 Å². The number of hydrogen-bond donors (Lipinski definition) is 0. The number of carbonyl (C=O) groups is 2. The predicted octanol–water partition coefficient (Wildman–Crippen LogP) is 2.53. The van der Waals surface area contributed by atoms with Gasteiger partial charge in [0.15, 0.2) is 6.61 Å². The second-order valence-electron chi connectivity index (χ2n) is 7.19. The first-order chi connectivity index (χ1) is 13.8. The normalized spacial score (nSPS) is 17.7. The molecule has 0 saturated carbocycles. The number of sulfonamides is 1. The molecule has 1 amide bonds. The summed E-state index contributed by atoms with van der Waals surface area (Å²) in [5.74, 6) is -0.315. The summed E-state index contributed by atoms with van der Waals surface area (Å²) >= 11 is 0. The number of ether oxygens (including phenoxy) is 1. The minimum atomic E-state index is -3.51. The molecule has 1 atom stereocenters. The van der Waals surface area contributed by atoms with Crippen LogP contribution >= 0.6 is 0 Å². The highest BCUT2D eigenvalue weighted by molar-refractivity contribution is 7.89. The van der Waals surface area contributed by atoms with Crippen LogP contribution in [0.15, 0.2) is 35.2 Å². The summed E-state index contributed by atoms with van der Waals surface area (Å²) in [6.07, 6.45) is 4.85. The van der Waals surface area contributed by atoms with Crippen LogP contribution in [0.2, 0.25) is 0 Å². The quantitative estimate of drug-likeness (QED) is 0.475. The van der Waals surface area contributed by atoms with E-state index in [1.807, 2.05) is 0 Å². The van der Waals surface area contributed by atoms with Crippen molar-refractivity contribution >= 4 is 28.0 Å². The third-order valence-corrected chi connectivity index (χ3v) is 7.05. The minimum absolute atomic E-state index is 0.177. The lowest BCUT2D eigenvalue weighted by Gasteiger charge is -2.30. The number of piperidine rings is 1. The molecule has 0 N–H and O–H groups in total. The van der Waals surface area contributed by atoms with E-state index in [4.69, 9.17) is 4.74 Å². The molecule has 0 unspecified atom stereocenters. The lowest BCUT2D eigenvalue weighted by molar-refractivity contribution is -0.149. The fraction of sp³-hybridized carbons (Fsp3) is 0.524. The van der Waals surface area contributed by atoms with Crippen molar-refractivity contribution in [3.63, 3.8) is 0 Å². The second kappa shape index (κ2) is 10.5. The fourth-order valence-electron chi connectivity index (χ4n) is 3.32. The largest absolute Gasteiger partial charge is 0.452 e. The van der Waals surface area contributed by atoms with Gasteiger partial charge in [-0.15, -0.1) is 0 Å². The lowest BCUT2D eigenvalue weighted by atomic mass is 10.0. The summed E-state index contributed by atoms with van der Waals surface area (Å²) < 4.78 is 31.4. The van der Waals surface area contributed by atoms with Crippen LogP contribution < -0.4 is 0 Å². The van der Waals surface area contributed by atoms with Crippen molar-refractivity contribution in [3.05, 3.63) is 35.9 Å². The van der Waals surface area contributed by atoms with Crippen LogP contribution in [0.1, 0.15) is 39.2 Å². The van der Waals surface area contributed by atoms with Gasteiger partial charge in [-0.3, -0.25) is 4.79 Å². The zero-order chi connectivity index (χ0) is 21.4. The van der Waals surface area contributed by atoms with Crippen LogP contribution in [-0.2, 0) is 24.3 Å². The van der Waals surface area contributed by atoms with Crippen LogP contribution in [0.25, 0.3) is 6.08 Å². The van der Waals surface area contributed by atoms with Crippen LogP contribution in [0.4, 0.5) is 0 Å². The second-order valence-corrected chi connectivity index (χ2v) is 9.12. The van der Waals surface area contributed by atoms with E-state index in [1.165, 1.54) is 28.6 Å². The summed E-state index contributed by atoms with van der Waals surface area (Å²) in [7, 11) is -3.51. The SMILES string of the molecule is CCN(CC)S(=O)(=O)c1ccc(/C=C/C(=O)OCC(=O)N2CCC[C@@H](C)C2)cc1. The molecule has 0 bridgehead atoms. The number of hydrogen-bond acceptors (Lipinski definition) is 5. The van der Waals surface area contributed by atoms with Gasteiger partial charge in [0.25, 0.3) is 5.91 Å². The molecular weight excluding hydrogens is 392 g/mol. The fourth-order valence-corrected chi connectivity index (χ4v) is 4.77. The van der Waals surface area contributed by atoms with Crippen molar-refractivity contribution in [1.82, 2.24) is 9.21 Å². The smallest absolute Gasteiger partial charge is 0.331 e. The molecule has 0 radical (unpaired) electrons. The van der Waals surface area contributed by atoms with Crippen molar-refractivity contribution < 1.29 is 22.7 Å². The molecule has 1 aliphatic heterocycles. The Morgan fingerprint density at radius 3 is 2.45 bits per heavy atom. The van der Waals surface area contributed by atoms with Crippen molar-refractivity contribution in [1.29, 1.82) is 0 Å². The predicted molar refractivity (Wildman–Crippen MR) is 112 cm³/mol. The molecule has 1 aromatic carbocycles. The van der Waals surface area contributed by atoms with E-state index in [9.17, 15) is 18.0 Å². The zero-order valence-electron chi connectivity index (χ0n) is 17.3. The lowest BCUT2D eigenvalue weighted by Crippen LogP contribution is -2.41. The van der Waals surface area contributed by atoms with Gasteiger partial charge in [-0.25, -0.2) is 13.2 Å². The molecular formula is C21H30N2O5S. The van der Waals surface area contributed by atoms with Gasteiger partial charge in [-0.2, -0.15) is 4.31 Å². The molecule has 2 rings (SSSR count). The standard InChI is InChI=1S/C21H30N2O5S/c1-4-23(5-2)29(26,27)19-11-8-18(9-12-19)10-13-21(25)28-16-20(24)22-14-6-7-17(3)15-22/h8-13,17H,4-7,14-16H2,1-3H3/b13-10+/t17-/m1/s1. The van der Waals surface area contributed by atoms with Gasteiger partial charge in [0.05, 0.1) is 4.90 Å². The third kappa shape index (κ3) is 6.40. The molecule has 8 heteroatoms. The Hall–Kier alpha value is -2.19. The molecule has 1 saturated heterocycles. The number of esters is 1. The maximum atomic E-state index is 12.5. The van der Waals surface area contributed by atoms with Crippen LogP contribution in [0.5, 0.6) is 0 Å². The number of benzene rings is 1. The average molecular weight is 423 g/mol. The topological polar surface area (TPSA) is 84.0 Å². The Balaban J connectivity index is 1.89. The van der Waals surface area contributed by atoms with E-state index in [1.54, 1.807) is 30.9 Å². The highest BCUT2D eigenvalue weighted by atomic mass is 32.2. The monoisotopic (exact) mass is 422 g/mol. The Morgan fingerprint density at radius 1 is 1.21 bits per heavy atom. The summed E-state index contributed by atoms with van der Waals surface area (Å²) in [4.78, 5) is 25.9. The third-order valence-electron chi connectivity index (χ3n) is 4.98. The minimum Gasteiger partial charge on any atom is -0.452 e. The number of nitrogens with zero attached hydrogens (tertiary/aromatic N) is 2. The van der Waals surface area contributed by atoms with E-state index in [0.29, 0.717) is 37.7 Å². The highest BCUT2D eigenvalue weighted by Gasteiger charge is 2.22. The van der Waals surface area contributed by atoms with Crippen LogP contribution in [0, 0.1) is 5.92 Å². The van der Waals surface area contributed by atoms with Gasteiger partial charge in [-0.1, -0.05) is 32.9 Å². The van der Waals surface area contributed by atoms with Crippen molar-refractivity contribution in [2.75, 3.05) is 32.8 Å². The Kier molecular flexibility index (Phi) is 8.40. The van der Waals surface area contributed by atoms with E-state index in [2.05, 4.69) is 6.92 Å². The Bertz CT molecular complexity index is 829. The summed E-state index contributed by atoms with van der Waals surface area (Å²) in [5, 5.41) is 0. The van der Waals surface area contributed by atoms with Crippen molar-refractivity contribution in [2.45, 2.75) is 38.5 Å². The van der Waals surface area contributed by atoms with E-state index in [0.717, 1.165) is 12.8 Å². The van der Waals surface area contributed by atoms with Gasteiger partial charge in [0.2, 0.25) is 10.0 Å². The summed E-state index contributed by atoms with van der Waals surface area (Å²) in [6.45, 7) is 7.64.